The third kappa shape index (κ3) is 4.06. The highest BCUT2D eigenvalue weighted by Crippen LogP contribution is 2.49. The number of nitrogens with one attached hydrogen (secondary N) is 2. The lowest BCUT2D eigenvalue weighted by molar-refractivity contribution is 0.156. The van der Waals surface area contributed by atoms with Gasteiger partial charge in [-0.05, 0) is 69.1 Å². The van der Waals surface area contributed by atoms with Crippen molar-refractivity contribution < 1.29 is 18.7 Å². The van der Waals surface area contributed by atoms with Gasteiger partial charge in [-0.1, -0.05) is 18.2 Å². The summed E-state index contributed by atoms with van der Waals surface area (Å²) in [5, 5.41) is 5.68. The molecule has 1 saturated heterocycles. The third-order valence-electron chi connectivity index (χ3n) is 6.94. The Morgan fingerprint density at radius 3 is 2.65 bits per heavy atom. The maximum atomic E-state index is 13.8. The SMILES string of the molecule is COc1ccc([C@@]23CC[C@H](NC(=O)Nc4ccccc4F)C[C@H]2N(C)CC3)cc1OC. The summed E-state index contributed by atoms with van der Waals surface area (Å²) in [6, 6.07) is 12.4. The lowest BCUT2D eigenvalue weighted by atomic mass is 9.65. The Morgan fingerprint density at radius 2 is 1.90 bits per heavy atom. The molecule has 166 valence electrons. The fourth-order valence-electron chi connectivity index (χ4n) is 5.30. The quantitative estimate of drug-likeness (QED) is 0.752. The van der Waals surface area contributed by atoms with Crippen LogP contribution in [0.4, 0.5) is 14.9 Å². The molecule has 4 rings (SSSR count). The van der Waals surface area contributed by atoms with E-state index in [9.17, 15) is 9.18 Å². The molecule has 2 aliphatic rings. The summed E-state index contributed by atoms with van der Waals surface area (Å²) in [5.74, 6) is 1.03. The fourth-order valence-corrected chi connectivity index (χ4v) is 5.30. The van der Waals surface area contributed by atoms with Gasteiger partial charge >= 0.3 is 6.03 Å². The number of para-hydroxylation sites is 1. The van der Waals surface area contributed by atoms with Crippen LogP contribution in [0.15, 0.2) is 42.5 Å². The lowest BCUT2D eigenvalue weighted by Gasteiger charge is -2.45. The van der Waals surface area contributed by atoms with Gasteiger partial charge in [0.05, 0.1) is 19.9 Å². The van der Waals surface area contributed by atoms with E-state index in [0.29, 0.717) is 6.04 Å². The third-order valence-corrected chi connectivity index (χ3v) is 6.94. The minimum atomic E-state index is -0.440. The number of anilines is 1. The van der Waals surface area contributed by atoms with Gasteiger partial charge in [0.1, 0.15) is 5.82 Å². The van der Waals surface area contributed by atoms with Gasteiger partial charge in [0, 0.05) is 17.5 Å². The second-order valence-corrected chi connectivity index (χ2v) is 8.52. The Hall–Kier alpha value is -2.80. The number of carbonyl (C=O) groups excluding carboxylic acids is 1. The molecular weight excluding hydrogens is 397 g/mol. The molecule has 2 fully saturated rings. The number of likely N-dealkylation sites (N-methyl/N-ethyl adjacent to an activating group) is 1. The minimum Gasteiger partial charge on any atom is -0.493 e. The summed E-state index contributed by atoms with van der Waals surface area (Å²) < 4.78 is 24.8. The van der Waals surface area contributed by atoms with E-state index < -0.39 is 5.82 Å². The zero-order valence-electron chi connectivity index (χ0n) is 18.3. The number of amides is 2. The molecule has 2 amide bonds. The van der Waals surface area contributed by atoms with Crippen molar-refractivity contribution >= 4 is 11.7 Å². The van der Waals surface area contributed by atoms with Crippen LogP contribution in [0.2, 0.25) is 0 Å². The van der Waals surface area contributed by atoms with E-state index in [2.05, 4.69) is 34.7 Å². The van der Waals surface area contributed by atoms with Crippen molar-refractivity contribution in [1.82, 2.24) is 10.2 Å². The Balaban J connectivity index is 1.49. The van der Waals surface area contributed by atoms with Crippen molar-refractivity contribution in [3.05, 3.63) is 53.8 Å². The van der Waals surface area contributed by atoms with E-state index in [-0.39, 0.29) is 23.2 Å². The highest BCUT2D eigenvalue weighted by Gasteiger charge is 2.50. The summed E-state index contributed by atoms with van der Waals surface area (Å²) in [7, 11) is 5.45. The number of methoxy groups -OCH3 is 2. The second kappa shape index (κ2) is 8.75. The van der Waals surface area contributed by atoms with Crippen molar-refractivity contribution in [2.45, 2.75) is 43.2 Å². The highest BCUT2D eigenvalue weighted by atomic mass is 19.1. The molecule has 0 spiro atoms. The number of urea groups is 1. The van der Waals surface area contributed by atoms with Gasteiger partial charge in [0.2, 0.25) is 0 Å². The smallest absolute Gasteiger partial charge is 0.319 e. The number of carbonyl (C=O) groups is 1. The molecule has 31 heavy (non-hydrogen) atoms. The molecule has 0 bridgehead atoms. The maximum Gasteiger partial charge on any atom is 0.319 e. The van der Waals surface area contributed by atoms with Gasteiger partial charge < -0.3 is 25.0 Å². The molecule has 2 N–H and O–H groups in total. The Morgan fingerprint density at radius 1 is 1.13 bits per heavy atom. The molecule has 0 radical (unpaired) electrons. The molecule has 7 heteroatoms. The first-order valence-corrected chi connectivity index (χ1v) is 10.7. The molecule has 0 aromatic heterocycles. The molecule has 1 aliphatic heterocycles. The number of hydrogen-bond acceptors (Lipinski definition) is 4. The van der Waals surface area contributed by atoms with Gasteiger partial charge in [0.15, 0.2) is 11.5 Å². The van der Waals surface area contributed by atoms with Crippen molar-refractivity contribution in [2.75, 3.05) is 33.1 Å². The minimum absolute atomic E-state index is 0.0223. The normalized spacial score (nSPS) is 25.5. The predicted octanol–water partition coefficient (Wildman–Crippen LogP) is 4.16. The van der Waals surface area contributed by atoms with Crippen LogP contribution in [0.3, 0.4) is 0 Å². The summed E-state index contributed by atoms with van der Waals surface area (Å²) in [4.78, 5) is 14.9. The van der Waals surface area contributed by atoms with Crippen molar-refractivity contribution in [3.63, 3.8) is 0 Å². The number of benzene rings is 2. The van der Waals surface area contributed by atoms with Crippen molar-refractivity contribution in [3.8, 4) is 11.5 Å². The molecule has 1 saturated carbocycles. The van der Waals surface area contributed by atoms with Crippen LogP contribution in [-0.2, 0) is 5.41 Å². The Labute approximate surface area is 182 Å². The van der Waals surface area contributed by atoms with E-state index in [4.69, 9.17) is 9.47 Å². The molecule has 1 heterocycles. The first-order chi connectivity index (χ1) is 15.0. The summed E-state index contributed by atoms with van der Waals surface area (Å²) >= 11 is 0. The number of hydrogen-bond donors (Lipinski definition) is 2. The number of fused-ring (bicyclic) bond motifs is 1. The second-order valence-electron chi connectivity index (χ2n) is 8.52. The number of likely N-dealkylation sites (tertiary alicyclic amines) is 1. The van der Waals surface area contributed by atoms with Crippen LogP contribution >= 0.6 is 0 Å². The largest absolute Gasteiger partial charge is 0.493 e. The summed E-state index contributed by atoms with van der Waals surface area (Å²) in [6.45, 7) is 1.01. The first kappa shape index (κ1) is 21.4. The number of rotatable bonds is 5. The van der Waals surface area contributed by atoms with Crippen molar-refractivity contribution in [2.24, 2.45) is 0 Å². The van der Waals surface area contributed by atoms with Crippen LogP contribution in [0.1, 0.15) is 31.2 Å². The molecule has 1 aliphatic carbocycles. The van der Waals surface area contributed by atoms with Gasteiger partial charge in [-0.15, -0.1) is 0 Å². The van der Waals surface area contributed by atoms with E-state index >= 15 is 0 Å². The van der Waals surface area contributed by atoms with Crippen LogP contribution in [-0.4, -0.2) is 50.8 Å². The molecule has 3 atom stereocenters. The zero-order chi connectivity index (χ0) is 22.0. The van der Waals surface area contributed by atoms with Crippen LogP contribution in [0.25, 0.3) is 0 Å². The first-order valence-electron chi connectivity index (χ1n) is 10.7. The number of halogens is 1. The molecule has 6 nitrogen and oxygen atoms in total. The van der Waals surface area contributed by atoms with Crippen LogP contribution < -0.4 is 20.1 Å². The average molecular weight is 428 g/mol. The van der Waals surface area contributed by atoms with E-state index in [0.717, 1.165) is 43.7 Å². The van der Waals surface area contributed by atoms with E-state index in [1.807, 2.05) is 6.07 Å². The average Bonchev–Trinajstić information content (AvgIpc) is 3.12. The summed E-state index contributed by atoms with van der Waals surface area (Å²) in [5.41, 5.74) is 1.47. The lowest BCUT2D eigenvalue weighted by Crippen LogP contribution is -2.52. The number of nitrogens with zero attached hydrogens (tertiary/aromatic N) is 1. The monoisotopic (exact) mass is 427 g/mol. The van der Waals surface area contributed by atoms with E-state index in [1.165, 1.54) is 11.6 Å². The molecule has 2 aromatic rings. The Kier molecular flexibility index (Phi) is 6.05. The maximum absolute atomic E-state index is 13.8. The van der Waals surface area contributed by atoms with Crippen molar-refractivity contribution in [1.29, 1.82) is 0 Å². The van der Waals surface area contributed by atoms with Gasteiger partial charge in [-0.2, -0.15) is 0 Å². The van der Waals surface area contributed by atoms with E-state index in [1.54, 1.807) is 32.4 Å². The number of ether oxygens (including phenoxy) is 2. The topological polar surface area (TPSA) is 62.8 Å². The predicted molar refractivity (Wildman–Crippen MR) is 118 cm³/mol. The van der Waals surface area contributed by atoms with Gasteiger partial charge in [-0.25, -0.2) is 9.18 Å². The van der Waals surface area contributed by atoms with Crippen LogP contribution in [0, 0.1) is 5.82 Å². The standard InChI is InChI=1S/C24H30FN3O3/c1-28-13-12-24(16-8-9-20(30-2)21(14-16)31-3)11-10-17(15-22(24)28)26-23(29)27-19-7-5-4-6-18(19)25/h4-9,14,17,22H,10-13,15H2,1-3H3,(H2,26,27,29)/t17-,22+,24-/m0/s1. The van der Waals surface area contributed by atoms with Crippen LogP contribution in [0.5, 0.6) is 11.5 Å². The fraction of sp³-hybridized carbons (Fsp3) is 0.458. The van der Waals surface area contributed by atoms with Gasteiger partial charge in [0.25, 0.3) is 0 Å². The molecule has 0 unspecified atom stereocenters. The van der Waals surface area contributed by atoms with Gasteiger partial charge in [-0.3, -0.25) is 0 Å². The summed E-state index contributed by atoms with van der Waals surface area (Å²) in [6.07, 6.45) is 3.73. The zero-order valence-corrected chi connectivity index (χ0v) is 18.3. The molecule has 2 aromatic carbocycles. The molecular formula is C24H30FN3O3. The highest BCUT2D eigenvalue weighted by molar-refractivity contribution is 5.89. The Bertz CT molecular complexity index is 953.